The molecule has 0 heterocycles. The van der Waals surface area contributed by atoms with Crippen LogP contribution in [0.2, 0.25) is 0 Å². The zero-order chi connectivity index (χ0) is 18.8. The van der Waals surface area contributed by atoms with E-state index in [1.807, 2.05) is 48.5 Å². The number of esters is 2. The van der Waals surface area contributed by atoms with Crippen molar-refractivity contribution in [2.45, 2.75) is 12.8 Å². The lowest BCUT2D eigenvalue weighted by Gasteiger charge is -2.07. The summed E-state index contributed by atoms with van der Waals surface area (Å²) in [5, 5.41) is 0. The van der Waals surface area contributed by atoms with Crippen LogP contribution in [-0.4, -0.2) is 39.4 Å². The van der Waals surface area contributed by atoms with Crippen molar-refractivity contribution in [1.82, 2.24) is 0 Å². The summed E-state index contributed by atoms with van der Waals surface area (Å²) in [7, 11) is 2.65. The van der Waals surface area contributed by atoms with E-state index in [0.717, 1.165) is 12.8 Å². The molecular formula is C20H22O6. The van der Waals surface area contributed by atoms with E-state index in [4.69, 9.17) is 9.47 Å². The van der Waals surface area contributed by atoms with Gasteiger partial charge in [0, 0.05) is 0 Å². The fourth-order valence-electron chi connectivity index (χ4n) is 2.20. The van der Waals surface area contributed by atoms with Gasteiger partial charge < -0.3 is 18.9 Å². The molecule has 0 fully saturated rings. The van der Waals surface area contributed by atoms with Gasteiger partial charge in [-0.15, -0.1) is 0 Å². The van der Waals surface area contributed by atoms with Crippen molar-refractivity contribution < 1.29 is 28.5 Å². The van der Waals surface area contributed by atoms with Crippen molar-refractivity contribution in [2.24, 2.45) is 0 Å². The molecule has 0 N–H and O–H groups in total. The zero-order valence-electron chi connectivity index (χ0n) is 14.9. The lowest BCUT2D eigenvalue weighted by molar-refractivity contribution is -0.143. The summed E-state index contributed by atoms with van der Waals surface area (Å²) in [4.78, 5) is 22.1. The van der Waals surface area contributed by atoms with Crippen LogP contribution in [0.1, 0.15) is 11.1 Å². The van der Waals surface area contributed by atoms with Crippen LogP contribution in [-0.2, 0) is 31.9 Å². The normalized spacial score (nSPS) is 10.1. The number of carbonyl (C=O) groups excluding carboxylic acids is 2. The van der Waals surface area contributed by atoms with E-state index in [-0.39, 0.29) is 13.2 Å². The van der Waals surface area contributed by atoms with Crippen molar-refractivity contribution in [3.8, 4) is 11.5 Å². The summed E-state index contributed by atoms with van der Waals surface area (Å²) >= 11 is 0. The highest BCUT2D eigenvalue weighted by Gasteiger charge is 2.04. The van der Waals surface area contributed by atoms with Crippen molar-refractivity contribution in [3.63, 3.8) is 0 Å². The minimum absolute atomic E-state index is 0.0970. The highest BCUT2D eigenvalue weighted by molar-refractivity contribution is 5.71. The highest BCUT2D eigenvalue weighted by Crippen LogP contribution is 2.16. The molecule has 0 aliphatic heterocycles. The molecule has 0 unspecified atom stereocenters. The first-order chi connectivity index (χ1) is 12.6. The number of rotatable bonds is 9. The molecular weight excluding hydrogens is 336 g/mol. The molecule has 26 heavy (non-hydrogen) atoms. The Kier molecular flexibility index (Phi) is 7.49. The first-order valence-corrected chi connectivity index (χ1v) is 8.18. The van der Waals surface area contributed by atoms with Gasteiger partial charge in [0.25, 0.3) is 0 Å². The van der Waals surface area contributed by atoms with E-state index in [1.54, 1.807) is 0 Å². The van der Waals surface area contributed by atoms with Crippen LogP contribution in [0.3, 0.4) is 0 Å². The molecule has 0 amide bonds. The van der Waals surface area contributed by atoms with Crippen LogP contribution in [0.25, 0.3) is 0 Å². The zero-order valence-corrected chi connectivity index (χ0v) is 14.9. The fraction of sp³-hybridized carbons (Fsp3) is 0.300. The average Bonchev–Trinajstić information content (AvgIpc) is 2.70. The summed E-state index contributed by atoms with van der Waals surface area (Å²) in [5.74, 6) is 0.443. The van der Waals surface area contributed by atoms with Gasteiger partial charge in [0.05, 0.1) is 14.2 Å². The van der Waals surface area contributed by atoms with Crippen molar-refractivity contribution in [1.29, 1.82) is 0 Å². The Hall–Kier alpha value is -3.02. The Bertz CT molecular complexity index is 643. The first kappa shape index (κ1) is 19.3. The number of aryl methyl sites for hydroxylation is 2. The van der Waals surface area contributed by atoms with Gasteiger partial charge >= 0.3 is 11.9 Å². The van der Waals surface area contributed by atoms with Crippen LogP contribution in [0.5, 0.6) is 11.5 Å². The molecule has 0 bridgehead atoms. The van der Waals surface area contributed by atoms with Crippen molar-refractivity contribution >= 4 is 11.9 Å². The summed E-state index contributed by atoms with van der Waals surface area (Å²) in [6, 6.07) is 15.2. The van der Waals surface area contributed by atoms with Crippen molar-refractivity contribution in [2.75, 3.05) is 27.4 Å². The Morgan fingerprint density at radius 1 is 0.654 bits per heavy atom. The second-order valence-electron chi connectivity index (χ2n) is 5.52. The fourth-order valence-corrected chi connectivity index (χ4v) is 2.20. The maximum atomic E-state index is 11.0. The monoisotopic (exact) mass is 358 g/mol. The van der Waals surface area contributed by atoms with Gasteiger partial charge in [0.2, 0.25) is 0 Å². The summed E-state index contributed by atoms with van der Waals surface area (Å²) in [6.07, 6.45) is 1.75. The number of benzene rings is 2. The topological polar surface area (TPSA) is 71.1 Å². The highest BCUT2D eigenvalue weighted by atomic mass is 16.6. The van der Waals surface area contributed by atoms with Gasteiger partial charge in [-0.05, 0) is 48.2 Å². The molecule has 0 saturated carbocycles. The van der Waals surface area contributed by atoms with Crippen LogP contribution in [0, 0.1) is 0 Å². The Morgan fingerprint density at radius 2 is 1.00 bits per heavy atom. The molecule has 2 rings (SSSR count). The third kappa shape index (κ3) is 6.47. The molecule has 6 heteroatoms. The van der Waals surface area contributed by atoms with Crippen LogP contribution in [0.15, 0.2) is 48.5 Å². The molecule has 138 valence electrons. The summed E-state index contributed by atoms with van der Waals surface area (Å²) in [5.41, 5.74) is 2.34. The Morgan fingerprint density at radius 3 is 1.31 bits per heavy atom. The predicted octanol–water partition coefficient (Wildman–Crippen LogP) is 2.58. The number of hydrogen-bond acceptors (Lipinski definition) is 6. The quantitative estimate of drug-likeness (QED) is 0.642. The van der Waals surface area contributed by atoms with Crippen LogP contribution < -0.4 is 9.47 Å². The van der Waals surface area contributed by atoms with E-state index in [0.29, 0.717) is 11.5 Å². The molecule has 0 aromatic heterocycles. The molecule has 0 spiro atoms. The van der Waals surface area contributed by atoms with Crippen LogP contribution >= 0.6 is 0 Å². The second-order valence-corrected chi connectivity index (χ2v) is 5.52. The molecule has 0 aliphatic rings. The lowest BCUT2D eigenvalue weighted by atomic mass is 10.0. The van der Waals surface area contributed by atoms with Gasteiger partial charge in [0.1, 0.15) is 11.5 Å². The standard InChI is InChI=1S/C20H22O6/c1-23-19(21)13-25-17-9-5-15(6-10-17)3-4-16-7-11-18(12-8-16)26-14-20(22)24-2/h5-12H,3-4,13-14H2,1-2H3. The van der Waals surface area contributed by atoms with E-state index < -0.39 is 11.9 Å². The van der Waals surface area contributed by atoms with Gasteiger partial charge in [-0.1, -0.05) is 24.3 Å². The minimum atomic E-state index is -0.409. The molecule has 6 nitrogen and oxygen atoms in total. The second kappa shape index (κ2) is 10.1. The van der Waals surface area contributed by atoms with E-state index >= 15 is 0 Å². The summed E-state index contributed by atoms with van der Waals surface area (Å²) < 4.78 is 19.7. The molecule has 0 radical (unpaired) electrons. The summed E-state index contributed by atoms with van der Waals surface area (Å²) in [6.45, 7) is -0.194. The SMILES string of the molecule is COC(=O)COc1ccc(CCc2ccc(OCC(=O)OC)cc2)cc1. The van der Waals surface area contributed by atoms with Gasteiger partial charge in [-0.25, -0.2) is 9.59 Å². The van der Waals surface area contributed by atoms with E-state index in [2.05, 4.69) is 9.47 Å². The van der Waals surface area contributed by atoms with Gasteiger partial charge in [0.15, 0.2) is 13.2 Å². The first-order valence-electron chi connectivity index (χ1n) is 8.18. The largest absolute Gasteiger partial charge is 0.482 e. The maximum Gasteiger partial charge on any atom is 0.343 e. The number of methoxy groups -OCH3 is 2. The minimum Gasteiger partial charge on any atom is -0.482 e. The predicted molar refractivity (Wildman–Crippen MR) is 95.3 cm³/mol. The molecule has 0 atom stereocenters. The molecule has 2 aromatic carbocycles. The van der Waals surface area contributed by atoms with E-state index in [1.165, 1.54) is 25.3 Å². The van der Waals surface area contributed by atoms with Crippen LogP contribution in [0.4, 0.5) is 0 Å². The average molecular weight is 358 g/mol. The third-order valence-electron chi connectivity index (χ3n) is 3.72. The van der Waals surface area contributed by atoms with Gasteiger partial charge in [-0.3, -0.25) is 0 Å². The molecule has 0 saturated heterocycles. The van der Waals surface area contributed by atoms with Gasteiger partial charge in [-0.2, -0.15) is 0 Å². The molecule has 2 aromatic rings. The molecule has 0 aliphatic carbocycles. The number of hydrogen-bond donors (Lipinski definition) is 0. The maximum absolute atomic E-state index is 11.0. The van der Waals surface area contributed by atoms with E-state index in [9.17, 15) is 9.59 Å². The smallest absolute Gasteiger partial charge is 0.343 e. The number of ether oxygens (including phenoxy) is 4. The lowest BCUT2D eigenvalue weighted by Crippen LogP contribution is -2.12. The van der Waals surface area contributed by atoms with Crippen molar-refractivity contribution in [3.05, 3.63) is 59.7 Å². The Labute approximate surface area is 152 Å². The third-order valence-corrected chi connectivity index (χ3v) is 3.72. The number of carbonyl (C=O) groups is 2. The Balaban J connectivity index is 1.79.